The van der Waals surface area contributed by atoms with Gasteiger partial charge in [-0.25, -0.2) is 0 Å². The Balaban J connectivity index is 1.50. The standard InChI is InChI=1S/C18H15N5O5S2/c1-28-14-4-2-3-11(9-14)16(25)20-17-21-22-18(30-17)29-10-15(24)19-12-5-7-13(8-6-12)23(26)27/h2-9H,10H2,1H3,(H,19,24)(H,20,21,25). The van der Waals surface area contributed by atoms with Crippen molar-refractivity contribution >= 4 is 51.4 Å². The zero-order valence-corrected chi connectivity index (χ0v) is 17.2. The van der Waals surface area contributed by atoms with Gasteiger partial charge in [0.1, 0.15) is 5.75 Å². The second kappa shape index (κ2) is 9.80. The highest BCUT2D eigenvalue weighted by Gasteiger charge is 2.13. The molecule has 0 unspecified atom stereocenters. The number of ether oxygens (including phenoxy) is 1. The van der Waals surface area contributed by atoms with Crippen LogP contribution in [-0.4, -0.2) is 39.8 Å². The molecule has 0 fully saturated rings. The van der Waals surface area contributed by atoms with E-state index in [1.165, 1.54) is 31.4 Å². The first-order valence-corrected chi connectivity index (χ1v) is 10.2. The van der Waals surface area contributed by atoms with Gasteiger partial charge in [0.25, 0.3) is 11.6 Å². The summed E-state index contributed by atoms with van der Waals surface area (Å²) in [6.07, 6.45) is 0. The number of benzene rings is 2. The molecule has 1 heterocycles. The minimum atomic E-state index is -0.512. The van der Waals surface area contributed by atoms with Gasteiger partial charge in [-0.1, -0.05) is 29.2 Å². The Morgan fingerprint density at radius 2 is 1.93 bits per heavy atom. The number of aromatic nitrogens is 2. The van der Waals surface area contributed by atoms with Gasteiger partial charge in [0, 0.05) is 23.4 Å². The maximum Gasteiger partial charge on any atom is 0.269 e. The molecule has 0 atom stereocenters. The van der Waals surface area contributed by atoms with E-state index in [4.69, 9.17) is 4.74 Å². The van der Waals surface area contributed by atoms with Crippen molar-refractivity contribution in [1.82, 2.24) is 10.2 Å². The number of methoxy groups -OCH3 is 1. The van der Waals surface area contributed by atoms with Crippen LogP contribution in [0.15, 0.2) is 52.9 Å². The van der Waals surface area contributed by atoms with E-state index in [-0.39, 0.29) is 23.3 Å². The Kier molecular flexibility index (Phi) is 6.93. The molecule has 2 N–H and O–H groups in total. The van der Waals surface area contributed by atoms with E-state index in [1.54, 1.807) is 24.3 Å². The average Bonchev–Trinajstić information content (AvgIpc) is 3.20. The fourth-order valence-corrected chi connectivity index (χ4v) is 3.79. The van der Waals surface area contributed by atoms with Crippen molar-refractivity contribution in [3.63, 3.8) is 0 Å². The van der Waals surface area contributed by atoms with Gasteiger partial charge in [0.2, 0.25) is 11.0 Å². The molecule has 0 aliphatic carbocycles. The highest BCUT2D eigenvalue weighted by molar-refractivity contribution is 8.01. The lowest BCUT2D eigenvalue weighted by molar-refractivity contribution is -0.384. The number of nitrogens with zero attached hydrogens (tertiary/aromatic N) is 3. The minimum absolute atomic E-state index is 0.0558. The van der Waals surface area contributed by atoms with E-state index < -0.39 is 4.92 Å². The first-order chi connectivity index (χ1) is 14.4. The highest BCUT2D eigenvalue weighted by atomic mass is 32.2. The van der Waals surface area contributed by atoms with E-state index in [1.807, 2.05) is 0 Å². The van der Waals surface area contributed by atoms with Gasteiger partial charge in [-0.05, 0) is 30.3 Å². The smallest absolute Gasteiger partial charge is 0.269 e. The Labute approximate surface area is 178 Å². The van der Waals surface area contributed by atoms with Crippen LogP contribution >= 0.6 is 23.1 Å². The van der Waals surface area contributed by atoms with Crippen molar-refractivity contribution in [1.29, 1.82) is 0 Å². The number of amides is 2. The molecule has 154 valence electrons. The summed E-state index contributed by atoms with van der Waals surface area (Å²) >= 11 is 2.30. The van der Waals surface area contributed by atoms with Crippen LogP contribution in [0.2, 0.25) is 0 Å². The van der Waals surface area contributed by atoms with Crippen molar-refractivity contribution in [3.05, 3.63) is 64.2 Å². The largest absolute Gasteiger partial charge is 0.497 e. The van der Waals surface area contributed by atoms with Crippen molar-refractivity contribution in [3.8, 4) is 5.75 Å². The molecular weight excluding hydrogens is 430 g/mol. The molecule has 1 aromatic heterocycles. The van der Waals surface area contributed by atoms with Gasteiger partial charge in [-0.15, -0.1) is 10.2 Å². The fourth-order valence-electron chi connectivity index (χ4n) is 2.24. The van der Waals surface area contributed by atoms with Crippen LogP contribution < -0.4 is 15.4 Å². The molecule has 0 aliphatic heterocycles. The third-order valence-corrected chi connectivity index (χ3v) is 5.62. The lowest BCUT2D eigenvalue weighted by Crippen LogP contribution is -2.13. The molecule has 0 saturated carbocycles. The van der Waals surface area contributed by atoms with Crippen molar-refractivity contribution in [2.75, 3.05) is 23.5 Å². The second-order valence-corrected chi connectivity index (χ2v) is 7.90. The lowest BCUT2D eigenvalue weighted by atomic mass is 10.2. The number of thioether (sulfide) groups is 1. The quantitative estimate of drug-likeness (QED) is 0.233. The summed E-state index contributed by atoms with van der Waals surface area (Å²) < 4.78 is 5.61. The number of nitro groups is 1. The Bertz CT molecular complexity index is 1070. The number of rotatable bonds is 8. The van der Waals surface area contributed by atoms with Gasteiger partial charge < -0.3 is 10.1 Å². The number of anilines is 2. The van der Waals surface area contributed by atoms with E-state index >= 15 is 0 Å². The normalized spacial score (nSPS) is 10.3. The Hall–Kier alpha value is -3.51. The van der Waals surface area contributed by atoms with Crippen molar-refractivity contribution in [2.45, 2.75) is 4.34 Å². The van der Waals surface area contributed by atoms with Crippen LogP contribution in [0.5, 0.6) is 5.75 Å². The average molecular weight is 445 g/mol. The van der Waals surface area contributed by atoms with Crippen LogP contribution in [-0.2, 0) is 4.79 Å². The summed E-state index contributed by atoms with van der Waals surface area (Å²) in [6, 6.07) is 12.2. The van der Waals surface area contributed by atoms with Crippen LogP contribution in [0.1, 0.15) is 10.4 Å². The fraction of sp³-hybridized carbons (Fsp3) is 0.111. The van der Waals surface area contributed by atoms with Crippen molar-refractivity contribution < 1.29 is 19.2 Å². The lowest BCUT2D eigenvalue weighted by Gasteiger charge is -2.04. The molecule has 10 nitrogen and oxygen atoms in total. The number of nitrogens with one attached hydrogen (secondary N) is 2. The van der Waals surface area contributed by atoms with Gasteiger partial charge in [-0.3, -0.25) is 25.0 Å². The molecule has 3 rings (SSSR count). The SMILES string of the molecule is COc1cccc(C(=O)Nc2nnc(SCC(=O)Nc3ccc([N+](=O)[O-])cc3)s2)c1. The highest BCUT2D eigenvalue weighted by Crippen LogP contribution is 2.26. The predicted molar refractivity (Wildman–Crippen MR) is 113 cm³/mol. The number of nitro benzene ring substituents is 1. The van der Waals surface area contributed by atoms with E-state index in [0.717, 1.165) is 23.1 Å². The summed E-state index contributed by atoms with van der Waals surface area (Å²) in [4.78, 5) is 34.5. The maximum atomic E-state index is 12.3. The molecule has 12 heteroatoms. The molecule has 2 aromatic carbocycles. The zero-order chi connectivity index (χ0) is 21.5. The number of hydrogen-bond donors (Lipinski definition) is 2. The van der Waals surface area contributed by atoms with Gasteiger partial charge in [0.15, 0.2) is 4.34 Å². The second-order valence-electron chi connectivity index (χ2n) is 5.70. The molecule has 0 bridgehead atoms. The summed E-state index contributed by atoms with van der Waals surface area (Å²) in [6.45, 7) is 0. The number of non-ortho nitro benzene ring substituents is 1. The molecule has 3 aromatic rings. The number of carbonyl (C=O) groups is 2. The number of carbonyl (C=O) groups excluding carboxylic acids is 2. The summed E-state index contributed by atoms with van der Waals surface area (Å²) in [5.74, 6) is -0.0196. The molecule has 0 saturated heterocycles. The van der Waals surface area contributed by atoms with Crippen LogP contribution in [0.4, 0.5) is 16.5 Å². The summed E-state index contributed by atoms with van der Waals surface area (Å²) in [5.41, 5.74) is 0.815. The van der Waals surface area contributed by atoms with Crippen LogP contribution in [0.25, 0.3) is 0 Å². The molecule has 0 aliphatic rings. The monoisotopic (exact) mass is 445 g/mol. The summed E-state index contributed by atoms with van der Waals surface area (Å²) in [7, 11) is 1.52. The first kappa shape index (κ1) is 21.2. The Morgan fingerprint density at radius 1 is 1.17 bits per heavy atom. The van der Waals surface area contributed by atoms with Gasteiger partial charge >= 0.3 is 0 Å². The van der Waals surface area contributed by atoms with E-state index in [2.05, 4.69) is 20.8 Å². The first-order valence-electron chi connectivity index (χ1n) is 8.40. The van der Waals surface area contributed by atoms with Crippen LogP contribution in [0, 0.1) is 10.1 Å². The summed E-state index contributed by atoms with van der Waals surface area (Å²) in [5, 5.41) is 24.1. The van der Waals surface area contributed by atoms with E-state index in [9.17, 15) is 19.7 Å². The minimum Gasteiger partial charge on any atom is -0.497 e. The topological polar surface area (TPSA) is 136 Å². The third kappa shape index (κ3) is 5.75. The van der Waals surface area contributed by atoms with Crippen LogP contribution in [0.3, 0.4) is 0 Å². The number of hydrogen-bond acceptors (Lipinski definition) is 9. The zero-order valence-electron chi connectivity index (χ0n) is 15.5. The maximum absolute atomic E-state index is 12.3. The van der Waals surface area contributed by atoms with E-state index in [0.29, 0.717) is 26.5 Å². The predicted octanol–water partition coefficient (Wildman–Crippen LogP) is 3.44. The third-order valence-electron chi connectivity index (χ3n) is 3.65. The van der Waals surface area contributed by atoms with Crippen molar-refractivity contribution in [2.24, 2.45) is 0 Å². The van der Waals surface area contributed by atoms with Gasteiger partial charge in [0.05, 0.1) is 17.8 Å². The Morgan fingerprint density at radius 3 is 2.63 bits per heavy atom. The van der Waals surface area contributed by atoms with Gasteiger partial charge in [-0.2, -0.15) is 0 Å². The molecule has 30 heavy (non-hydrogen) atoms. The molecule has 0 radical (unpaired) electrons. The molecular formula is C18H15N5O5S2. The molecule has 2 amide bonds. The molecule has 0 spiro atoms.